The van der Waals surface area contributed by atoms with Crippen LogP contribution in [0.25, 0.3) is 0 Å². The fourth-order valence-corrected chi connectivity index (χ4v) is 6.19. The van der Waals surface area contributed by atoms with Gasteiger partial charge in [-0.15, -0.1) is 0 Å². The van der Waals surface area contributed by atoms with Crippen molar-refractivity contribution in [1.29, 1.82) is 0 Å². The lowest BCUT2D eigenvalue weighted by atomic mass is 9.94. The first kappa shape index (κ1) is 22.1. The summed E-state index contributed by atoms with van der Waals surface area (Å²) in [7, 11) is -4.35. The number of hydrogen-bond acceptors (Lipinski definition) is 3. The second-order valence-corrected chi connectivity index (χ2v) is 9.97. The van der Waals surface area contributed by atoms with E-state index >= 15 is 0 Å². The first-order valence-electron chi connectivity index (χ1n) is 9.09. The number of para-hydroxylation sites is 1. The van der Waals surface area contributed by atoms with E-state index in [4.69, 9.17) is 0 Å². The molecule has 3 rings (SSSR count). The van der Waals surface area contributed by atoms with Crippen LogP contribution in [0.4, 0.5) is 18.9 Å². The van der Waals surface area contributed by atoms with Gasteiger partial charge in [0.05, 0.1) is 10.6 Å². The van der Waals surface area contributed by atoms with Gasteiger partial charge in [-0.1, -0.05) is 29.8 Å². The molecule has 1 aliphatic heterocycles. The van der Waals surface area contributed by atoms with E-state index in [1.165, 1.54) is 0 Å². The van der Waals surface area contributed by atoms with Crippen LogP contribution in [0.3, 0.4) is 0 Å². The molecule has 0 aliphatic carbocycles. The summed E-state index contributed by atoms with van der Waals surface area (Å²) in [4.78, 5) is -0.0926. The van der Waals surface area contributed by atoms with E-state index in [0.29, 0.717) is 17.7 Å². The van der Waals surface area contributed by atoms with Gasteiger partial charge < -0.3 is 5.32 Å². The molecule has 0 amide bonds. The number of sulfonamides is 1. The third-order valence-electron chi connectivity index (χ3n) is 5.10. The summed E-state index contributed by atoms with van der Waals surface area (Å²) in [5, 5.41) is 3.10. The SMILES string of the molecule is Cc1cc(C)c(S(=O)(=O)NC(CC2CNc3c(Br)cccc32)C(F)(F)F)c(C)c1. The summed E-state index contributed by atoms with van der Waals surface area (Å²) in [5.74, 6) is -0.461. The maximum atomic E-state index is 13.8. The van der Waals surface area contributed by atoms with E-state index in [0.717, 1.165) is 21.3 Å². The minimum Gasteiger partial charge on any atom is -0.383 e. The highest BCUT2D eigenvalue weighted by Gasteiger charge is 2.45. The van der Waals surface area contributed by atoms with Crippen molar-refractivity contribution in [3.8, 4) is 0 Å². The van der Waals surface area contributed by atoms with Gasteiger partial charge in [0.1, 0.15) is 6.04 Å². The Bertz CT molecular complexity index is 1020. The number of nitrogens with one attached hydrogen (secondary N) is 2. The van der Waals surface area contributed by atoms with Crippen molar-refractivity contribution in [2.75, 3.05) is 11.9 Å². The zero-order chi connectivity index (χ0) is 21.6. The second-order valence-electron chi connectivity index (χ2n) is 7.46. The molecule has 1 heterocycles. The lowest BCUT2D eigenvalue weighted by Gasteiger charge is -2.25. The molecular weight excluding hydrogens is 469 g/mol. The molecule has 0 bridgehead atoms. The van der Waals surface area contributed by atoms with Gasteiger partial charge >= 0.3 is 6.18 Å². The third kappa shape index (κ3) is 4.62. The first-order valence-corrected chi connectivity index (χ1v) is 11.4. The number of hydrogen-bond donors (Lipinski definition) is 2. The van der Waals surface area contributed by atoms with Gasteiger partial charge in [-0.05, 0) is 65.9 Å². The largest absolute Gasteiger partial charge is 0.404 e. The van der Waals surface area contributed by atoms with E-state index in [1.807, 2.05) is 11.6 Å². The lowest BCUT2D eigenvalue weighted by Crippen LogP contribution is -2.46. The van der Waals surface area contributed by atoms with Crippen LogP contribution < -0.4 is 10.0 Å². The van der Waals surface area contributed by atoms with Gasteiger partial charge in [-0.25, -0.2) is 8.42 Å². The van der Waals surface area contributed by atoms with Crippen LogP contribution in [0.1, 0.15) is 34.6 Å². The van der Waals surface area contributed by atoms with Crippen LogP contribution >= 0.6 is 15.9 Å². The standard InChI is InChI=1S/C20H22BrF3N2O2S/c1-11-7-12(2)19(13(3)8-11)29(27,28)26-17(20(22,23)24)9-14-10-25-18-15(14)5-4-6-16(18)21/h4-8,14,17,25-26H,9-10H2,1-3H3. The monoisotopic (exact) mass is 490 g/mol. The molecule has 9 heteroatoms. The molecule has 0 aromatic heterocycles. The van der Waals surface area contributed by atoms with Gasteiger partial charge in [0.15, 0.2) is 0 Å². The smallest absolute Gasteiger partial charge is 0.383 e. The molecule has 0 fully saturated rings. The molecule has 2 unspecified atom stereocenters. The topological polar surface area (TPSA) is 58.2 Å². The van der Waals surface area contributed by atoms with Crippen LogP contribution in [-0.2, 0) is 10.0 Å². The maximum Gasteiger partial charge on any atom is 0.404 e. The predicted molar refractivity (Wildman–Crippen MR) is 111 cm³/mol. The molecule has 0 radical (unpaired) electrons. The van der Waals surface area contributed by atoms with Crippen molar-refractivity contribution in [2.24, 2.45) is 0 Å². The number of benzene rings is 2. The molecule has 0 saturated heterocycles. The maximum absolute atomic E-state index is 13.8. The Balaban J connectivity index is 1.91. The molecule has 2 aromatic rings. The van der Waals surface area contributed by atoms with Crippen molar-refractivity contribution in [3.63, 3.8) is 0 Å². The average molecular weight is 491 g/mol. The van der Waals surface area contributed by atoms with E-state index in [-0.39, 0.29) is 11.3 Å². The van der Waals surface area contributed by atoms with Crippen molar-refractivity contribution < 1.29 is 21.6 Å². The molecule has 4 nitrogen and oxygen atoms in total. The summed E-state index contributed by atoms with van der Waals surface area (Å²) in [5.41, 5.74) is 3.20. The Hall–Kier alpha value is -1.58. The fourth-order valence-electron chi connectivity index (χ4n) is 3.98. The molecule has 2 aromatic carbocycles. The molecule has 158 valence electrons. The van der Waals surface area contributed by atoms with Gasteiger partial charge in [0.25, 0.3) is 0 Å². The number of anilines is 1. The van der Waals surface area contributed by atoms with Crippen molar-refractivity contribution >= 4 is 31.6 Å². The van der Waals surface area contributed by atoms with Crippen molar-refractivity contribution in [3.05, 3.63) is 57.1 Å². The van der Waals surface area contributed by atoms with E-state index in [1.54, 1.807) is 44.2 Å². The highest BCUT2D eigenvalue weighted by Crippen LogP contribution is 2.41. The van der Waals surface area contributed by atoms with Crippen LogP contribution in [0.15, 0.2) is 39.7 Å². The van der Waals surface area contributed by atoms with E-state index in [9.17, 15) is 21.6 Å². The zero-order valence-electron chi connectivity index (χ0n) is 16.2. The Morgan fingerprint density at radius 2 is 1.83 bits per heavy atom. The Kier molecular flexibility index (Phi) is 6.04. The molecule has 1 aliphatic rings. The number of rotatable bonds is 5. The van der Waals surface area contributed by atoms with Crippen LogP contribution in [0, 0.1) is 20.8 Å². The number of alkyl halides is 3. The van der Waals surface area contributed by atoms with Crippen LogP contribution in [0.5, 0.6) is 0 Å². The summed E-state index contributed by atoms with van der Waals surface area (Å²) in [6.07, 6.45) is -5.10. The number of halogens is 4. The number of fused-ring (bicyclic) bond motifs is 1. The Labute approximate surface area is 177 Å². The lowest BCUT2D eigenvalue weighted by molar-refractivity contribution is -0.153. The molecule has 2 atom stereocenters. The Morgan fingerprint density at radius 3 is 2.41 bits per heavy atom. The van der Waals surface area contributed by atoms with E-state index < -0.39 is 28.2 Å². The summed E-state index contributed by atoms with van der Waals surface area (Å²) >= 11 is 3.39. The fraction of sp³-hybridized carbons (Fsp3) is 0.400. The van der Waals surface area contributed by atoms with Gasteiger partial charge in [-0.2, -0.15) is 17.9 Å². The summed E-state index contributed by atoms with van der Waals surface area (Å²) < 4.78 is 69.8. The van der Waals surface area contributed by atoms with Crippen LogP contribution in [-0.4, -0.2) is 27.2 Å². The average Bonchev–Trinajstić information content (AvgIpc) is 2.96. The van der Waals surface area contributed by atoms with E-state index in [2.05, 4.69) is 21.2 Å². The summed E-state index contributed by atoms with van der Waals surface area (Å²) in [6, 6.07) is 6.44. The summed E-state index contributed by atoms with van der Waals surface area (Å²) in [6.45, 7) is 5.30. The van der Waals surface area contributed by atoms with Crippen molar-refractivity contribution in [2.45, 2.75) is 50.2 Å². The molecular formula is C20H22BrF3N2O2S. The predicted octanol–water partition coefficient (Wildman–Crippen LogP) is 5.18. The van der Waals surface area contributed by atoms with Gasteiger partial charge in [0, 0.05) is 16.9 Å². The Morgan fingerprint density at radius 1 is 1.21 bits per heavy atom. The minimum absolute atomic E-state index is 0.0926. The van der Waals surface area contributed by atoms with Crippen molar-refractivity contribution in [1.82, 2.24) is 4.72 Å². The highest BCUT2D eigenvalue weighted by molar-refractivity contribution is 9.10. The quantitative estimate of drug-likeness (QED) is 0.606. The van der Waals surface area contributed by atoms with Gasteiger partial charge in [-0.3, -0.25) is 0 Å². The number of aryl methyl sites for hydroxylation is 3. The third-order valence-corrected chi connectivity index (χ3v) is 7.53. The first-order chi connectivity index (χ1) is 13.4. The van der Waals surface area contributed by atoms with Gasteiger partial charge in [0.2, 0.25) is 10.0 Å². The van der Waals surface area contributed by atoms with Crippen LogP contribution in [0.2, 0.25) is 0 Å². The molecule has 2 N–H and O–H groups in total. The second kappa shape index (κ2) is 7.92. The molecule has 29 heavy (non-hydrogen) atoms. The molecule has 0 spiro atoms. The zero-order valence-corrected chi connectivity index (χ0v) is 18.6. The minimum atomic E-state index is -4.71. The highest BCUT2D eigenvalue weighted by atomic mass is 79.9. The molecule has 0 saturated carbocycles. The normalized spacial score (nSPS) is 17.7.